The van der Waals surface area contributed by atoms with Crippen LogP contribution in [0.2, 0.25) is 0 Å². The first kappa shape index (κ1) is 32.2. The molecular weight excluding hydrogens is 580 g/mol. The number of nitrogens with zero attached hydrogens (tertiary/aromatic N) is 3. The Morgan fingerprint density at radius 1 is 1.25 bits per heavy atom. The summed E-state index contributed by atoms with van der Waals surface area (Å²) in [5.74, 6) is -0.353. The van der Waals surface area contributed by atoms with Crippen LogP contribution in [0.3, 0.4) is 0 Å². The van der Waals surface area contributed by atoms with E-state index < -0.39 is 22.4 Å². The van der Waals surface area contributed by atoms with Gasteiger partial charge in [-0.15, -0.1) is 0 Å². The number of hydrogen-bond acceptors (Lipinski definition) is 8. The lowest BCUT2D eigenvalue weighted by atomic mass is 9.98. The molecule has 0 atom stereocenters. The monoisotopic (exact) mass is 616 g/mol. The third kappa shape index (κ3) is 7.42. The maximum absolute atomic E-state index is 13.6. The topological polar surface area (TPSA) is 141 Å². The molecule has 10 nitrogen and oxygen atoms in total. The second-order valence-corrected chi connectivity index (χ2v) is 12.5. The molecule has 0 radical (unpaired) electrons. The SMILES string of the molecule is C=C1C(=O)N(c2cccc(-c3cc(N/C=C/C=C(\C=N/C)S(C)(=O)=O)c(=O)n(C)c3)c2CO)/C=C\C/C=C(C2CC2)\C=C/1O. The van der Waals surface area contributed by atoms with Crippen LogP contribution in [0.25, 0.3) is 11.1 Å². The third-order valence-corrected chi connectivity index (χ3v) is 8.32. The van der Waals surface area contributed by atoms with Gasteiger partial charge in [0.15, 0.2) is 9.84 Å². The van der Waals surface area contributed by atoms with Gasteiger partial charge in [-0.1, -0.05) is 30.9 Å². The predicted octanol–water partition coefficient (Wildman–Crippen LogP) is 4.68. The van der Waals surface area contributed by atoms with Crippen molar-refractivity contribution in [2.45, 2.75) is 25.9 Å². The van der Waals surface area contributed by atoms with Gasteiger partial charge in [0, 0.05) is 56.3 Å². The van der Waals surface area contributed by atoms with E-state index in [1.165, 1.54) is 41.1 Å². The Labute approximate surface area is 257 Å². The van der Waals surface area contributed by atoms with Crippen molar-refractivity contribution in [3.8, 4) is 11.1 Å². The highest BCUT2D eigenvalue weighted by Crippen LogP contribution is 2.39. The second-order valence-electron chi connectivity index (χ2n) is 10.5. The number of aromatic nitrogens is 1. The van der Waals surface area contributed by atoms with Crippen LogP contribution in [0.15, 0.2) is 111 Å². The quantitative estimate of drug-likeness (QED) is 0.211. The van der Waals surface area contributed by atoms with Crippen LogP contribution < -0.4 is 15.8 Å². The summed E-state index contributed by atoms with van der Waals surface area (Å²) in [5, 5.41) is 24.2. The van der Waals surface area contributed by atoms with E-state index in [0.29, 0.717) is 34.7 Å². The zero-order valence-electron chi connectivity index (χ0n) is 24.9. The molecule has 1 aromatic heterocycles. The first-order valence-electron chi connectivity index (χ1n) is 14.0. The summed E-state index contributed by atoms with van der Waals surface area (Å²) >= 11 is 0. The van der Waals surface area contributed by atoms with Gasteiger partial charge in [0.05, 0.1) is 22.8 Å². The molecule has 0 bridgehead atoms. The van der Waals surface area contributed by atoms with Gasteiger partial charge in [0.25, 0.3) is 11.5 Å². The molecule has 2 aliphatic rings. The minimum absolute atomic E-state index is 0.00844. The van der Waals surface area contributed by atoms with Crippen molar-refractivity contribution < 1.29 is 23.4 Å². The molecule has 0 saturated heterocycles. The number of aliphatic imine (C=N–C) groups is 1. The smallest absolute Gasteiger partial charge is 0.273 e. The molecule has 11 heteroatoms. The molecule has 2 aromatic rings. The van der Waals surface area contributed by atoms with Gasteiger partial charge in [-0.25, -0.2) is 8.42 Å². The summed E-state index contributed by atoms with van der Waals surface area (Å²) < 4.78 is 25.2. The number of pyridine rings is 1. The first-order valence-corrected chi connectivity index (χ1v) is 15.8. The summed E-state index contributed by atoms with van der Waals surface area (Å²) in [6.45, 7) is 3.42. The maximum atomic E-state index is 13.6. The molecule has 1 fully saturated rings. The highest BCUT2D eigenvalue weighted by molar-refractivity contribution is 7.95. The molecule has 230 valence electrons. The van der Waals surface area contributed by atoms with Crippen LogP contribution in [-0.2, 0) is 28.3 Å². The molecule has 2 heterocycles. The number of nitrogens with one attached hydrogen (secondary N) is 1. The number of rotatable bonds is 9. The molecule has 1 aromatic carbocycles. The van der Waals surface area contributed by atoms with Gasteiger partial charge in [0.2, 0.25) is 0 Å². The molecule has 3 N–H and O–H groups in total. The average molecular weight is 617 g/mol. The van der Waals surface area contributed by atoms with Gasteiger partial charge in [0.1, 0.15) is 11.4 Å². The highest BCUT2D eigenvalue weighted by Gasteiger charge is 2.28. The number of carbonyl (C=O) groups excluding carboxylic acids is 1. The molecule has 44 heavy (non-hydrogen) atoms. The molecule has 0 unspecified atom stereocenters. The van der Waals surface area contributed by atoms with Gasteiger partial charge in [-0.05, 0) is 66.7 Å². The Balaban J connectivity index is 1.72. The number of hydrogen-bond donors (Lipinski definition) is 3. The van der Waals surface area contributed by atoms with Gasteiger partial charge in [-0.2, -0.15) is 0 Å². The van der Waals surface area contributed by atoms with Gasteiger partial charge < -0.3 is 20.1 Å². The maximum Gasteiger partial charge on any atom is 0.273 e. The Morgan fingerprint density at radius 2 is 2.00 bits per heavy atom. The number of anilines is 2. The zero-order valence-corrected chi connectivity index (χ0v) is 25.7. The van der Waals surface area contributed by atoms with Crippen molar-refractivity contribution in [1.29, 1.82) is 0 Å². The van der Waals surface area contributed by atoms with Crippen LogP contribution in [0.1, 0.15) is 24.8 Å². The van der Waals surface area contributed by atoms with Crippen molar-refractivity contribution in [1.82, 2.24) is 4.57 Å². The fourth-order valence-electron chi connectivity index (χ4n) is 4.76. The van der Waals surface area contributed by atoms with E-state index in [2.05, 4.69) is 16.9 Å². The Morgan fingerprint density at radius 3 is 2.66 bits per heavy atom. The largest absolute Gasteiger partial charge is 0.507 e. The fraction of sp³-hybridized carbons (Fsp3) is 0.242. The Hall–Kier alpha value is -4.74. The summed E-state index contributed by atoms with van der Waals surface area (Å²) in [6.07, 6.45) is 17.9. The molecule has 1 saturated carbocycles. The predicted molar refractivity (Wildman–Crippen MR) is 175 cm³/mol. The number of amides is 1. The van der Waals surface area contributed by atoms with Crippen LogP contribution in [0.5, 0.6) is 0 Å². The van der Waals surface area contributed by atoms with Crippen LogP contribution in [-0.4, -0.2) is 48.6 Å². The normalized spacial score (nSPS) is 20.0. The van der Waals surface area contributed by atoms with Crippen LogP contribution in [0.4, 0.5) is 11.4 Å². The molecule has 1 aliphatic carbocycles. The number of aliphatic hydroxyl groups is 2. The van der Waals surface area contributed by atoms with E-state index in [1.807, 2.05) is 12.2 Å². The standard InChI is InChI=1S/C33H36N4O6S/c1-22-31(39)18-24(23-13-14-23)9-5-6-16-37(32(22)40)30-12-7-11-27(28(30)21-38)25-17-29(33(41)36(3)20-25)35-15-8-10-26(19-34-2)44(4,42)43/h6-12,15-20,23,35,38-39H,1,5,13-14,21H2,2-4H3/b15-8+,16-6-,24-9+,26-10+,31-18+,34-19-. The number of aliphatic hydroxyl groups excluding tert-OH is 2. The van der Waals surface area contributed by atoms with E-state index >= 15 is 0 Å². The highest BCUT2D eigenvalue weighted by atomic mass is 32.2. The van der Waals surface area contributed by atoms with Gasteiger partial charge in [-0.3, -0.25) is 19.5 Å². The van der Waals surface area contributed by atoms with E-state index in [-0.39, 0.29) is 27.5 Å². The van der Waals surface area contributed by atoms with E-state index in [9.17, 15) is 28.2 Å². The zero-order chi connectivity index (χ0) is 32.0. The van der Waals surface area contributed by atoms with E-state index in [4.69, 9.17) is 0 Å². The number of aryl methyl sites for hydroxylation is 1. The molecule has 1 aliphatic heterocycles. The second kappa shape index (κ2) is 13.7. The summed E-state index contributed by atoms with van der Waals surface area (Å²) in [5.41, 5.74) is 2.75. The number of carbonyl (C=O) groups is 1. The summed E-state index contributed by atoms with van der Waals surface area (Å²) in [4.78, 5) is 31.6. The summed E-state index contributed by atoms with van der Waals surface area (Å²) in [7, 11) is -0.436. The Kier molecular flexibility index (Phi) is 10.0. The van der Waals surface area contributed by atoms with Crippen molar-refractivity contribution in [3.05, 3.63) is 118 Å². The van der Waals surface area contributed by atoms with E-state index in [0.717, 1.165) is 24.7 Å². The number of allylic oxidation sites excluding steroid dienone is 7. The van der Waals surface area contributed by atoms with Crippen LogP contribution >= 0.6 is 0 Å². The number of benzene rings is 1. The molecule has 0 spiro atoms. The molecule has 4 rings (SSSR count). The van der Waals surface area contributed by atoms with Crippen molar-refractivity contribution in [2.75, 3.05) is 23.5 Å². The van der Waals surface area contributed by atoms with E-state index in [1.54, 1.807) is 49.8 Å². The molecular formula is C33H36N4O6S. The van der Waals surface area contributed by atoms with Crippen molar-refractivity contribution in [3.63, 3.8) is 0 Å². The lowest BCUT2D eigenvalue weighted by Gasteiger charge is -2.24. The fourth-order valence-corrected chi connectivity index (χ4v) is 5.38. The Bertz CT molecular complexity index is 1820. The average Bonchev–Trinajstić information content (AvgIpc) is 3.83. The van der Waals surface area contributed by atoms with Crippen LogP contribution in [0, 0.1) is 5.92 Å². The minimum atomic E-state index is -3.49. The number of sulfone groups is 1. The first-order chi connectivity index (χ1) is 21.0. The van der Waals surface area contributed by atoms with Gasteiger partial charge >= 0.3 is 0 Å². The third-order valence-electron chi connectivity index (χ3n) is 7.23. The summed E-state index contributed by atoms with van der Waals surface area (Å²) in [6, 6.07) is 6.81. The minimum Gasteiger partial charge on any atom is -0.507 e. The van der Waals surface area contributed by atoms with Crippen molar-refractivity contribution in [2.24, 2.45) is 18.0 Å². The lowest BCUT2D eigenvalue weighted by molar-refractivity contribution is -0.114. The molecule has 1 amide bonds. The van der Waals surface area contributed by atoms with Crippen molar-refractivity contribution >= 4 is 33.3 Å². The lowest BCUT2D eigenvalue weighted by Crippen LogP contribution is -2.28.